The second-order valence-electron chi connectivity index (χ2n) is 4.41. The zero-order chi connectivity index (χ0) is 13.3. The fraction of sp³-hybridized carbons (Fsp3) is 0.385. The Hall–Kier alpha value is -1.06. The van der Waals surface area contributed by atoms with E-state index in [9.17, 15) is 9.59 Å². The predicted octanol–water partition coefficient (Wildman–Crippen LogP) is 3.06. The number of ketones is 1. The molecule has 1 saturated heterocycles. The number of esters is 1. The van der Waals surface area contributed by atoms with E-state index in [1.165, 1.54) is 6.92 Å². The average molecular weight is 287 g/mol. The molecule has 2 rings (SSSR count). The van der Waals surface area contributed by atoms with Crippen molar-refractivity contribution in [2.24, 2.45) is 5.41 Å². The van der Waals surface area contributed by atoms with Gasteiger partial charge in [-0.1, -0.05) is 35.3 Å². The van der Waals surface area contributed by atoms with Gasteiger partial charge in [0, 0.05) is 6.42 Å². The quantitative estimate of drug-likeness (QED) is 0.634. The number of hydrogen-bond acceptors (Lipinski definition) is 3. The second kappa shape index (κ2) is 4.90. The van der Waals surface area contributed by atoms with Crippen LogP contribution in [0.25, 0.3) is 0 Å². The molecule has 0 radical (unpaired) electrons. The minimum atomic E-state index is -1.10. The van der Waals surface area contributed by atoms with Gasteiger partial charge in [0.05, 0.1) is 16.7 Å². The Labute approximate surface area is 115 Å². The zero-order valence-corrected chi connectivity index (χ0v) is 11.3. The number of hydrogen-bond donors (Lipinski definition) is 0. The van der Waals surface area contributed by atoms with Crippen molar-refractivity contribution in [1.82, 2.24) is 0 Å². The Morgan fingerprint density at radius 1 is 1.44 bits per heavy atom. The van der Waals surface area contributed by atoms with Gasteiger partial charge in [-0.25, -0.2) is 0 Å². The molecule has 0 amide bonds. The highest BCUT2D eigenvalue weighted by Gasteiger charge is 2.49. The first-order valence-corrected chi connectivity index (χ1v) is 6.34. The maximum absolute atomic E-state index is 11.8. The Balaban J connectivity index is 2.39. The number of rotatable bonds is 3. The number of benzene rings is 1. The van der Waals surface area contributed by atoms with Gasteiger partial charge in [0.25, 0.3) is 0 Å². The lowest BCUT2D eigenvalue weighted by Gasteiger charge is -2.22. The molecular weight excluding hydrogens is 275 g/mol. The highest BCUT2D eigenvalue weighted by Crippen LogP contribution is 2.38. The normalized spacial score (nSPS) is 22.9. The third kappa shape index (κ3) is 2.13. The van der Waals surface area contributed by atoms with Crippen molar-refractivity contribution in [3.8, 4) is 0 Å². The molecule has 0 saturated carbocycles. The van der Waals surface area contributed by atoms with E-state index in [-0.39, 0.29) is 18.8 Å². The van der Waals surface area contributed by atoms with Gasteiger partial charge >= 0.3 is 5.97 Å². The number of cyclic esters (lactones) is 1. The fourth-order valence-electron chi connectivity index (χ4n) is 2.17. The maximum Gasteiger partial charge on any atom is 0.320 e. The van der Waals surface area contributed by atoms with Gasteiger partial charge in [0.15, 0.2) is 0 Å². The van der Waals surface area contributed by atoms with Crippen LogP contribution in [0.3, 0.4) is 0 Å². The van der Waals surface area contributed by atoms with Crippen LogP contribution in [0.2, 0.25) is 10.0 Å². The lowest BCUT2D eigenvalue weighted by molar-refractivity contribution is -0.150. The summed E-state index contributed by atoms with van der Waals surface area (Å²) in [6, 6.07) is 5.18. The summed E-state index contributed by atoms with van der Waals surface area (Å²) >= 11 is 12.0. The number of carbonyl (C=O) groups excluding carboxylic acids is 2. The average Bonchev–Trinajstić information content (AvgIpc) is 2.68. The van der Waals surface area contributed by atoms with Crippen LogP contribution in [0.1, 0.15) is 18.9 Å². The van der Waals surface area contributed by atoms with E-state index in [1.54, 1.807) is 18.2 Å². The van der Waals surface area contributed by atoms with E-state index < -0.39 is 11.4 Å². The van der Waals surface area contributed by atoms with Crippen molar-refractivity contribution >= 4 is 35.0 Å². The van der Waals surface area contributed by atoms with Gasteiger partial charge in [-0.3, -0.25) is 9.59 Å². The van der Waals surface area contributed by atoms with Crippen molar-refractivity contribution in [2.75, 3.05) is 6.61 Å². The van der Waals surface area contributed by atoms with E-state index in [2.05, 4.69) is 0 Å². The molecule has 1 unspecified atom stereocenters. The predicted molar refractivity (Wildman–Crippen MR) is 68.9 cm³/mol. The van der Waals surface area contributed by atoms with Crippen molar-refractivity contribution in [1.29, 1.82) is 0 Å². The van der Waals surface area contributed by atoms with E-state index in [4.69, 9.17) is 27.9 Å². The van der Waals surface area contributed by atoms with Crippen LogP contribution < -0.4 is 0 Å². The molecule has 18 heavy (non-hydrogen) atoms. The summed E-state index contributed by atoms with van der Waals surface area (Å²) < 4.78 is 4.94. The molecule has 3 nitrogen and oxygen atoms in total. The molecule has 1 aromatic rings. The summed E-state index contributed by atoms with van der Waals surface area (Å²) in [6.45, 7) is 1.68. The molecule has 0 aromatic heterocycles. The highest BCUT2D eigenvalue weighted by molar-refractivity contribution is 6.42. The second-order valence-corrected chi connectivity index (χ2v) is 5.20. The molecule has 0 aliphatic carbocycles. The SMILES string of the molecule is CC(=O)C1(Cc2cccc(Cl)c2Cl)CCOC1=O. The van der Waals surface area contributed by atoms with Crippen LogP contribution in [0.15, 0.2) is 18.2 Å². The standard InChI is InChI=1S/C13H12Cl2O3/c1-8(16)13(5-6-18-12(13)17)7-9-3-2-4-10(14)11(9)15/h2-4H,5-7H2,1H3. The first-order valence-electron chi connectivity index (χ1n) is 5.58. The van der Waals surface area contributed by atoms with Gasteiger partial charge < -0.3 is 4.74 Å². The summed E-state index contributed by atoms with van der Waals surface area (Å²) in [5.41, 5.74) is -0.410. The first kappa shape index (κ1) is 13.4. The highest BCUT2D eigenvalue weighted by atomic mass is 35.5. The zero-order valence-electron chi connectivity index (χ0n) is 9.83. The molecule has 0 N–H and O–H groups in total. The third-order valence-corrected chi connectivity index (χ3v) is 4.21. The van der Waals surface area contributed by atoms with Crippen molar-refractivity contribution in [2.45, 2.75) is 19.8 Å². The third-order valence-electron chi connectivity index (χ3n) is 3.35. The van der Waals surface area contributed by atoms with Crippen LogP contribution in [0.4, 0.5) is 0 Å². The van der Waals surface area contributed by atoms with Crippen molar-refractivity contribution in [3.63, 3.8) is 0 Å². The summed E-state index contributed by atoms with van der Waals surface area (Å²) in [7, 11) is 0. The number of ether oxygens (including phenoxy) is 1. The van der Waals surface area contributed by atoms with E-state index in [0.717, 1.165) is 0 Å². The molecule has 1 aliphatic heterocycles. The van der Waals surface area contributed by atoms with Crippen LogP contribution >= 0.6 is 23.2 Å². The summed E-state index contributed by atoms with van der Waals surface area (Å²) in [4.78, 5) is 23.6. The Morgan fingerprint density at radius 2 is 2.17 bits per heavy atom. The smallest absolute Gasteiger partial charge is 0.320 e. The lowest BCUT2D eigenvalue weighted by atomic mass is 9.77. The van der Waals surface area contributed by atoms with Gasteiger partial charge in [-0.15, -0.1) is 0 Å². The van der Waals surface area contributed by atoms with Gasteiger partial charge in [-0.05, 0) is 25.0 Å². The van der Waals surface area contributed by atoms with Gasteiger partial charge in [0.2, 0.25) is 0 Å². The molecule has 5 heteroatoms. The summed E-state index contributed by atoms with van der Waals surface area (Å²) in [6.07, 6.45) is 0.630. The van der Waals surface area contributed by atoms with Crippen LogP contribution in [-0.2, 0) is 20.7 Å². The Morgan fingerprint density at radius 3 is 2.72 bits per heavy atom. The van der Waals surface area contributed by atoms with Crippen LogP contribution in [-0.4, -0.2) is 18.4 Å². The molecule has 1 heterocycles. The van der Waals surface area contributed by atoms with Gasteiger partial charge in [-0.2, -0.15) is 0 Å². The minimum Gasteiger partial charge on any atom is -0.465 e. The first-order chi connectivity index (χ1) is 8.47. The molecule has 0 spiro atoms. The molecule has 1 aromatic carbocycles. The van der Waals surface area contributed by atoms with Crippen LogP contribution in [0, 0.1) is 5.41 Å². The van der Waals surface area contributed by atoms with E-state index in [1.807, 2.05) is 0 Å². The van der Waals surface area contributed by atoms with Crippen LogP contribution in [0.5, 0.6) is 0 Å². The Bertz CT molecular complexity index is 513. The number of Topliss-reactive ketones (excluding diaryl/α,β-unsaturated/α-hetero) is 1. The molecule has 1 atom stereocenters. The molecule has 96 valence electrons. The van der Waals surface area contributed by atoms with E-state index >= 15 is 0 Å². The monoisotopic (exact) mass is 286 g/mol. The van der Waals surface area contributed by atoms with Gasteiger partial charge in [0.1, 0.15) is 11.2 Å². The summed E-state index contributed by atoms with van der Waals surface area (Å²) in [5, 5.41) is 0.804. The molecule has 1 aliphatic rings. The molecular formula is C13H12Cl2O3. The minimum absolute atomic E-state index is 0.193. The largest absolute Gasteiger partial charge is 0.465 e. The molecule has 1 fully saturated rings. The fourth-order valence-corrected chi connectivity index (χ4v) is 2.56. The maximum atomic E-state index is 11.8. The molecule has 0 bridgehead atoms. The van der Waals surface area contributed by atoms with Crippen molar-refractivity contribution in [3.05, 3.63) is 33.8 Å². The Kier molecular flexibility index (Phi) is 3.64. The summed E-state index contributed by atoms with van der Waals surface area (Å²) in [5.74, 6) is -0.660. The topological polar surface area (TPSA) is 43.4 Å². The number of halogens is 2. The number of carbonyl (C=O) groups is 2. The lowest BCUT2D eigenvalue weighted by Crippen LogP contribution is -2.36. The van der Waals surface area contributed by atoms with E-state index in [0.29, 0.717) is 22.0 Å². The van der Waals surface area contributed by atoms with Crippen molar-refractivity contribution < 1.29 is 14.3 Å².